The van der Waals surface area contributed by atoms with Gasteiger partial charge in [-0.05, 0) is 36.4 Å². The molecule has 0 fully saturated rings. The summed E-state index contributed by atoms with van der Waals surface area (Å²) >= 11 is 7.38. The maximum atomic E-state index is 5.65. The molecule has 1 aliphatic heterocycles. The van der Waals surface area contributed by atoms with Crippen molar-refractivity contribution in [1.29, 1.82) is 0 Å². The summed E-state index contributed by atoms with van der Waals surface area (Å²) in [7, 11) is 0. The van der Waals surface area contributed by atoms with E-state index in [4.69, 9.17) is 9.97 Å². The molecule has 7 aromatic carbocycles. The van der Waals surface area contributed by atoms with Crippen LogP contribution in [0.1, 0.15) is 0 Å². The van der Waals surface area contributed by atoms with Crippen LogP contribution in [-0.4, -0.2) is 14.5 Å². The van der Waals surface area contributed by atoms with Crippen LogP contribution in [0.4, 0.5) is 0 Å². The zero-order valence-electron chi connectivity index (χ0n) is 26.8. The van der Waals surface area contributed by atoms with Crippen molar-refractivity contribution in [1.82, 2.24) is 14.5 Å². The van der Waals surface area contributed by atoms with Crippen molar-refractivity contribution in [3.05, 3.63) is 140 Å². The van der Waals surface area contributed by atoms with Gasteiger partial charge in [0.15, 0.2) is 0 Å². The highest BCUT2D eigenvalue weighted by molar-refractivity contribution is 8.05. The van der Waals surface area contributed by atoms with E-state index in [1.54, 1.807) is 11.3 Å². The van der Waals surface area contributed by atoms with Crippen molar-refractivity contribution in [2.45, 2.75) is 19.6 Å². The van der Waals surface area contributed by atoms with Gasteiger partial charge in [-0.2, -0.15) is 0 Å². The molecule has 12 rings (SSSR count). The van der Waals surface area contributed by atoms with Crippen LogP contribution in [0.15, 0.2) is 159 Å². The van der Waals surface area contributed by atoms with Gasteiger partial charge in [0.1, 0.15) is 0 Å². The highest BCUT2D eigenvalue weighted by Crippen LogP contribution is 2.53. The van der Waals surface area contributed by atoms with Gasteiger partial charge in [0.2, 0.25) is 5.95 Å². The average molecular weight is 722 g/mol. The Morgan fingerprint density at radius 2 is 1.08 bits per heavy atom. The van der Waals surface area contributed by atoms with Gasteiger partial charge in [0.05, 0.1) is 26.9 Å². The Bertz CT molecular complexity index is 3280. The number of hydrogen-bond donors (Lipinski definition) is 0. The molecule has 0 saturated heterocycles. The summed E-state index contributed by atoms with van der Waals surface area (Å²) < 4.78 is 7.32. The lowest BCUT2D eigenvalue weighted by Gasteiger charge is -2.21. The number of para-hydroxylation sites is 1. The summed E-state index contributed by atoms with van der Waals surface area (Å²) in [5.41, 5.74) is 5.40. The molecule has 7 heteroatoms. The van der Waals surface area contributed by atoms with E-state index >= 15 is 0 Å². The first kappa shape index (κ1) is 28.5. The summed E-state index contributed by atoms with van der Waals surface area (Å²) in [6.07, 6.45) is 0. The predicted molar refractivity (Wildman–Crippen MR) is 220 cm³/mol. The van der Waals surface area contributed by atoms with E-state index in [1.807, 2.05) is 34.9 Å². The molecule has 0 spiro atoms. The van der Waals surface area contributed by atoms with E-state index < -0.39 is 0 Å². The van der Waals surface area contributed by atoms with Gasteiger partial charge in [0.25, 0.3) is 0 Å². The third kappa shape index (κ3) is 3.97. The van der Waals surface area contributed by atoms with Crippen LogP contribution < -0.4 is 0 Å². The van der Waals surface area contributed by atoms with Gasteiger partial charge in [-0.1, -0.05) is 127 Å². The van der Waals surface area contributed by atoms with E-state index in [9.17, 15) is 0 Å². The quantitative estimate of drug-likeness (QED) is 0.178. The van der Waals surface area contributed by atoms with Gasteiger partial charge < -0.3 is 0 Å². The smallest absolute Gasteiger partial charge is 0.235 e. The van der Waals surface area contributed by atoms with E-state index in [0.717, 1.165) is 37.9 Å². The van der Waals surface area contributed by atoms with Crippen LogP contribution in [0.25, 0.3) is 90.3 Å². The van der Waals surface area contributed by atoms with Crippen molar-refractivity contribution in [3.63, 3.8) is 0 Å². The Morgan fingerprint density at radius 1 is 0.451 bits per heavy atom. The topological polar surface area (TPSA) is 30.7 Å². The summed E-state index contributed by atoms with van der Waals surface area (Å²) in [5.74, 6) is 0.697. The molecule has 11 aromatic rings. The van der Waals surface area contributed by atoms with Crippen molar-refractivity contribution < 1.29 is 0 Å². The van der Waals surface area contributed by atoms with Crippen molar-refractivity contribution >= 4 is 119 Å². The van der Waals surface area contributed by atoms with Gasteiger partial charge in [-0.3, -0.25) is 4.57 Å². The van der Waals surface area contributed by atoms with Gasteiger partial charge in [-0.25, -0.2) is 9.97 Å². The molecule has 0 saturated carbocycles. The summed E-state index contributed by atoms with van der Waals surface area (Å²) in [5, 5.41) is 8.72. The lowest BCUT2D eigenvalue weighted by Crippen LogP contribution is -2.04. The first-order valence-electron chi connectivity index (χ1n) is 16.8. The Hall–Kier alpha value is -5.18. The van der Waals surface area contributed by atoms with Crippen LogP contribution in [-0.2, 0) is 0 Å². The third-order valence-electron chi connectivity index (χ3n) is 10.1. The molecule has 0 unspecified atom stereocenters. The van der Waals surface area contributed by atoms with Crippen LogP contribution >= 0.6 is 46.2 Å². The molecule has 51 heavy (non-hydrogen) atoms. The van der Waals surface area contributed by atoms with Crippen molar-refractivity contribution in [2.75, 3.05) is 0 Å². The second-order valence-electron chi connectivity index (χ2n) is 12.9. The monoisotopic (exact) mass is 721 g/mol. The SMILES string of the molecule is c1ccc2c(c1)Sc1cccc(-c3nc(-n4c5ccccc5c5c6c7ccccc7sc6c6ccccc6c54)nc4c3sc3ccccc34)c1S2. The van der Waals surface area contributed by atoms with Crippen molar-refractivity contribution in [3.8, 4) is 17.2 Å². The highest BCUT2D eigenvalue weighted by atomic mass is 32.2. The largest absolute Gasteiger partial charge is 0.277 e. The van der Waals surface area contributed by atoms with Gasteiger partial charge in [-0.15, -0.1) is 22.7 Å². The Balaban J connectivity index is 1.25. The summed E-state index contributed by atoms with van der Waals surface area (Å²) in [6, 6.07) is 50.5. The Kier molecular flexibility index (Phi) is 5.96. The van der Waals surface area contributed by atoms with E-state index in [0.29, 0.717) is 5.95 Å². The van der Waals surface area contributed by atoms with Crippen LogP contribution in [0.2, 0.25) is 0 Å². The second kappa shape index (κ2) is 10.7. The Labute approximate surface area is 308 Å². The second-order valence-corrected chi connectivity index (χ2v) is 17.1. The fourth-order valence-electron chi connectivity index (χ4n) is 7.92. The van der Waals surface area contributed by atoms with E-state index in [1.165, 1.54) is 66.0 Å². The zero-order valence-corrected chi connectivity index (χ0v) is 30.0. The molecule has 0 N–H and O–H groups in total. The molecule has 0 amide bonds. The summed E-state index contributed by atoms with van der Waals surface area (Å²) in [4.78, 5) is 16.3. The minimum Gasteiger partial charge on any atom is -0.277 e. The number of thiophene rings is 2. The third-order valence-corrected chi connectivity index (χ3v) is 15.1. The number of aromatic nitrogens is 3. The minimum atomic E-state index is 0.697. The molecule has 238 valence electrons. The minimum absolute atomic E-state index is 0.697. The predicted octanol–water partition coefficient (Wildman–Crippen LogP) is 13.7. The molecular formula is C44H23N3S4. The molecule has 5 heterocycles. The fraction of sp³-hybridized carbons (Fsp3) is 0. The average Bonchev–Trinajstić information content (AvgIpc) is 3.87. The maximum Gasteiger partial charge on any atom is 0.235 e. The first-order chi connectivity index (χ1) is 25.3. The molecule has 1 aliphatic rings. The molecule has 0 atom stereocenters. The van der Waals surface area contributed by atoms with Crippen LogP contribution in [0.5, 0.6) is 0 Å². The molecule has 0 radical (unpaired) electrons. The Morgan fingerprint density at radius 3 is 1.92 bits per heavy atom. The lowest BCUT2D eigenvalue weighted by atomic mass is 10.00. The number of hydrogen-bond acceptors (Lipinski definition) is 6. The normalized spacial score (nSPS) is 12.9. The molecule has 4 aromatic heterocycles. The van der Waals surface area contributed by atoms with Gasteiger partial charge >= 0.3 is 0 Å². The molecule has 0 aliphatic carbocycles. The van der Waals surface area contributed by atoms with Crippen molar-refractivity contribution in [2.24, 2.45) is 0 Å². The first-order valence-corrected chi connectivity index (χ1v) is 20.1. The zero-order chi connectivity index (χ0) is 33.2. The maximum absolute atomic E-state index is 5.65. The number of rotatable bonds is 2. The van der Waals surface area contributed by atoms with Crippen LogP contribution in [0.3, 0.4) is 0 Å². The fourth-order valence-corrected chi connectivity index (χ4v) is 12.7. The molecule has 0 bridgehead atoms. The van der Waals surface area contributed by atoms with Crippen LogP contribution in [0, 0.1) is 0 Å². The number of fused-ring (bicyclic) bond motifs is 15. The molecular weight excluding hydrogens is 699 g/mol. The van der Waals surface area contributed by atoms with E-state index in [2.05, 4.69) is 144 Å². The number of benzene rings is 7. The lowest BCUT2D eigenvalue weighted by molar-refractivity contribution is 1.02. The van der Waals surface area contributed by atoms with Gasteiger partial charge in [0, 0.05) is 76.9 Å². The highest BCUT2D eigenvalue weighted by Gasteiger charge is 2.27. The summed E-state index contributed by atoms with van der Waals surface area (Å²) in [6.45, 7) is 0. The molecule has 3 nitrogen and oxygen atoms in total. The number of nitrogens with zero attached hydrogens (tertiary/aromatic N) is 3. The van der Waals surface area contributed by atoms with E-state index in [-0.39, 0.29) is 0 Å². The standard InChI is InChI=1S/C44H23N3S4/c1-2-13-25-24(12-1)40-36(37-27-15-4-7-19-31(27)49-42(25)37)26-14-3-6-18-30(26)47(40)44-45-38-28-16-5-8-20-32(28)50-43(38)39(46-44)29-17-11-23-35-41(29)51-34-22-10-9-21-33(34)48-35/h1-23H.